The van der Waals surface area contributed by atoms with Gasteiger partial charge < -0.3 is 15.2 Å². The molecule has 1 atom stereocenters. The number of thioether (sulfide) groups is 1. The van der Waals surface area contributed by atoms with Gasteiger partial charge in [-0.2, -0.15) is 0 Å². The highest BCUT2D eigenvalue weighted by molar-refractivity contribution is 7.99. The molecule has 1 unspecified atom stereocenters. The first kappa shape index (κ1) is 9.68. The Morgan fingerprint density at radius 3 is 3.00 bits per heavy atom. The van der Waals surface area contributed by atoms with E-state index >= 15 is 0 Å². The van der Waals surface area contributed by atoms with E-state index in [9.17, 15) is 0 Å². The highest BCUT2D eigenvalue weighted by atomic mass is 32.2. The van der Waals surface area contributed by atoms with E-state index in [1.165, 1.54) is 4.90 Å². The van der Waals surface area contributed by atoms with Gasteiger partial charge in [0.05, 0.1) is 0 Å². The number of hydrogen-bond donors (Lipinski definition) is 1. The number of nitrogens with two attached hydrogens (primary N) is 1. The molecular formula is C10H13NO2S. The van der Waals surface area contributed by atoms with Gasteiger partial charge in [-0.15, -0.1) is 11.8 Å². The fraction of sp³-hybridized carbons (Fsp3) is 0.400. The fourth-order valence-corrected chi connectivity index (χ4v) is 2.00. The van der Waals surface area contributed by atoms with Crippen molar-refractivity contribution in [1.29, 1.82) is 0 Å². The van der Waals surface area contributed by atoms with Crippen molar-refractivity contribution in [1.82, 2.24) is 0 Å². The summed E-state index contributed by atoms with van der Waals surface area (Å²) in [6.45, 7) is 2.33. The van der Waals surface area contributed by atoms with Crippen LogP contribution in [0.25, 0.3) is 0 Å². The molecule has 0 aliphatic carbocycles. The highest BCUT2D eigenvalue weighted by Crippen LogP contribution is 2.35. The van der Waals surface area contributed by atoms with Crippen LogP contribution in [0.5, 0.6) is 11.5 Å². The van der Waals surface area contributed by atoms with Gasteiger partial charge in [-0.3, -0.25) is 0 Å². The van der Waals surface area contributed by atoms with Gasteiger partial charge in [0, 0.05) is 16.7 Å². The number of ether oxygens (including phenoxy) is 2. The van der Waals surface area contributed by atoms with Crippen molar-refractivity contribution in [3.8, 4) is 11.5 Å². The molecule has 0 radical (unpaired) electrons. The fourth-order valence-electron chi connectivity index (χ4n) is 1.19. The normalized spacial score (nSPS) is 15.6. The summed E-state index contributed by atoms with van der Waals surface area (Å²) in [5, 5.41) is 0. The Kier molecular flexibility index (Phi) is 2.84. The van der Waals surface area contributed by atoms with Crippen molar-refractivity contribution in [2.24, 2.45) is 5.73 Å². The quantitative estimate of drug-likeness (QED) is 0.775. The van der Waals surface area contributed by atoms with Gasteiger partial charge in [0.15, 0.2) is 11.5 Å². The predicted molar refractivity (Wildman–Crippen MR) is 56.9 cm³/mol. The molecule has 1 aromatic rings. The molecule has 0 fully saturated rings. The second-order valence-electron chi connectivity index (χ2n) is 3.30. The molecule has 1 aromatic carbocycles. The Labute approximate surface area is 87.6 Å². The molecular weight excluding hydrogens is 198 g/mol. The second-order valence-corrected chi connectivity index (χ2v) is 4.40. The third-order valence-electron chi connectivity index (χ3n) is 1.86. The largest absolute Gasteiger partial charge is 0.454 e. The van der Waals surface area contributed by atoms with Gasteiger partial charge in [0.25, 0.3) is 0 Å². The summed E-state index contributed by atoms with van der Waals surface area (Å²) >= 11 is 1.73. The smallest absolute Gasteiger partial charge is 0.231 e. The minimum atomic E-state index is 0.213. The van der Waals surface area contributed by atoms with E-state index in [4.69, 9.17) is 15.2 Å². The van der Waals surface area contributed by atoms with Gasteiger partial charge in [-0.1, -0.05) is 0 Å². The first-order valence-electron chi connectivity index (χ1n) is 4.54. The molecule has 0 saturated carbocycles. The molecule has 2 rings (SSSR count). The van der Waals surface area contributed by atoms with Crippen molar-refractivity contribution < 1.29 is 9.47 Å². The average Bonchev–Trinajstić information content (AvgIpc) is 2.61. The molecule has 3 nitrogen and oxygen atoms in total. The van der Waals surface area contributed by atoms with Crippen LogP contribution in [0.3, 0.4) is 0 Å². The summed E-state index contributed by atoms with van der Waals surface area (Å²) in [5.74, 6) is 2.58. The lowest BCUT2D eigenvalue weighted by Gasteiger charge is -2.05. The molecule has 0 bridgehead atoms. The molecule has 4 heteroatoms. The van der Waals surface area contributed by atoms with Crippen molar-refractivity contribution >= 4 is 11.8 Å². The lowest BCUT2D eigenvalue weighted by Crippen LogP contribution is -2.17. The Morgan fingerprint density at radius 1 is 1.43 bits per heavy atom. The maximum atomic E-state index is 5.68. The molecule has 0 spiro atoms. The van der Waals surface area contributed by atoms with Gasteiger partial charge >= 0.3 is 0 Å². The minimum absolute atomic E-state index is 0.213. The maximum Gasteiger partial charge on any atom is 0.231 e. The van der Waals surface area contributed by atoms with Crippen LogP contribution in [0, 0.1) is 0 Å². The molecule has 1 aliphatic heterocycles. The van der Waals surface area contributed by atoms with Gasteiger partial charge in [0.1, 0.15) is 0 Å². The lowest BCUT2D eigenvalue weighted by atomic mass is 10.3. The zero-order chi connectivity index (χ0) is 9.97. The molecule has 0 amide bonds. The van der Waals surface area contributed by atoms with E-state index < -0.39 is 0 Å². The number of rotatable bonds is 3. The predicted octanol–water partition coefficient (Wildman–Crippen LogP) is 1.85. The van der Waals surface area contributed by atoms with E-state index in [1.54, 1.807) is 11.8 Å². The zero-order valence-electron chi connectivity index (χ0n) is 8.03. The molecule has 76 valence electrons. The topological polar surface area (TPSA) is 44.5 Å². The maximum absolute atomic E-state index is 5.68. The summed E-state index contributed by atoms with van der Waals surface area (Å²) < 4.78 is 10.5. The van der Waals surface area contributed by atoms with Crippen LogP contribution in [0.1, 0.15) is 6.92 Å². The average molecular weight is 211 g/mol. The first-order chi connectivity index (χ1) is 6.75. The van der Waals surface area contributed by atoms with Gasteiger partial charge in [-0.05, 0) is 25.1 Å². The van der Waals surface area contributed by atoms with Crippen molar-refractivity contribution in [3.63, 3.8) is 0 Å². The van der Waals surface area contributed by atoms with Crippen molar-refractivity contribution in [2.45, 2.75) is 17.9 Å². The van der Waals surface area contributed by atoms with Crippen LogP contribution in [0.15, 0.2) is 23.1 Å². The van der Waals surface area contributed by atoms with E-state index in [0.29, 0.717) is 6.79 Å². The Bertz CT molecular complexity index is 328. The summed E-state index contributed by atoms with van der Waals surface area (Å²) in [4.78, 5) is 1.17. The number of benzene rings is 1. The van der Waals surface area contributed by atoms with Crippen molar-refractivity contribution in [3.05, 3.63) is 18.2 Å². The number of fused-ring (bicyclic) bond motifs is 1. The Hall–Kier alpha value is -0.870. The molecule has 2 N–H and O–H groups in total. The van der Waals surface area contributed by atoms with E-state index in [2.05, 4.69) is 0 Å². The van der Waals surface area contributed by atoms with E-state index in [0.717, 1.165) is 17.3 Å². The van der Waals surface area contributed by atoms with Crippen LogP contribution in [-0.2, 0) is 0 Å². The third kappa shape index (κ3) is 2.13. The van der Waals surface area contributed by atoms with E-state index in [1.807, 2.05) is 25.1 Å². The SMILES string of the molecule is CC(N)CSc1ccc2c(c1)OCO2. The Morgan fingerprint density at radius 2 is 2.21 bits per heavy atom. The van der Waals surface area contributed by atoms with E-state index in [-0.39, 0.29) is 6.04 Å². The standard InChI is InChI=1S/C10H13NO2S/c1-7(11)5-14-8-2-3-9-10(4-8)13-6-12-9/h2-4,7H,5-6,11H2,1H3. The summed E-state index contributed by atoms with van der Waals surface area (Å²) in [7, 11) is 0. The molecule has 1 aliphatic rings. The van der Waals surface area contributed by atoms with Crippen LogP contribution < -0.4 is 15.2 Å². The second kappa shape index (κ2) is 4.11. The number of hydrogen-bond acceptors (Lipinski definition) is 4. The molecule has 14 heavy (non-hydrogen) atoms. The summed E-state index contributed by atoms with van der Waals surface area (Å²) in [5.41, 5.74) is 5.68. The molecule has 1 heterocycles. The summed E-state index contributed by atoms with van der Waals surface area (Å²) in [6, 6.07) is 6.17. The van der Waals surface area contributed by atoms with Crippen LogP contribution in [0.2, 0.25) is 0 Å². The van der Waals surface area contributed by atoms with Crippen LogP contribution in [0.4, 0.5) is 0 Å². The Balaban J connectivity index is 2.05. The highest BCUT2D eigenvalue weighted by Gasteiger charge is 2.13. The van der Waals surface area contributed by atoms with Crippen LogP contribution >= 0.6 is 11.8 Å². The molecule has 0 saturated heterocycles. The minimum Gasteiger partial charge on any atom is -0.454 e. The monoisotopic (exact) mass is 211 g/mol. The molecule has 0 aromatic heterocycles. The lowest BCUT2D eigenvalue weighted by molar-refractivity contribution is 0.174. The summed E-state index contributed by atoms with van der Waals surface area (Å²) in [6.07, 6.45) is 0. The first-order valence-corrected chi connectivity index (χ1v) is 5.52. The zero-order valence-corrected chi connectivity index (χ0v) is 8.84. The van der Waals surface area contributed by atoms with Crippen LogP contribution in [-0.4, -0.2) is 18.6 Å². The van der Waals surface area contributed by atoms with Gasteiger partial charge in [0.2, 0.25) is 6.79 Å². The van der Waals surface area contributed by atoms with Gasteiger partial charge in [-0.25, -0.2) is 0 Å². The van der Waals surface area contributed by atoms with Crippen molar-refractivity contribution in [2.75, 3.05) is 12.5 Å². The third-order valence-corrected chi connectivity index (χ3v) is 3.14.